The van der Waals surface area contributed by atoms with Gasteiger partial charge in [-0.2, -0.15) is 0 Å². The maximum Gasteiger partial charge on any atom is 0.343 e. The van der Waals surface area contributed by atoms with Gasteiger partial charge in [0.25, 0.3) is 0 Å². The van der Waals surface area contributed by atoms with Crippen molar-refractivity contribution < 1.29 is 19.7 Å². The summed E-state index contributed by atoms with van der Waals surface area (Å²) in [6.45, 7) is 3.19. The van der Waals surface area contributed by atoms with E-state index in [1.165, 1.54) is 6.07 Å². The summed E-state index contributed by atoms with van der Waals surface area (Å²) in [4.78, 5) is 12.8. The minimum absolute atomic E-state index is 0.0130. The Labute approximate surface area is 169 Å². The maximum atomic E-state index is 12.8. The zero-order chi connectivity index (χ0) is 21.0. The molecular weight excluding hydrogens is 368 g/mol. The lowest BCUT2D eigenvalue weighted by atomic mass is 9.86. The van der Waals surface area contributed by atoms with Crippen molar-refractivity contribution in [3.05, 3.63) is 99.6 Å². The van der Waals surface area contributed by atoms with E-state index in [2.05, 4.69) is 0 Å². The van der Waals surface area contributed by atoms with Gasteiger partial charge in [0.2, 0.25) is 0 Å². The molecule has 0 saturated carbocycles. The lowest BCUT2D eigenvalue weighted by molar-refractivity contribution is 0.146. The number of aromatic hydroxyl groups is 1. The fourth-order valence-corrected chi connectivity index (χ4v) is 3.70. The Morgan fingerprint density at radius 2 is 1.48 bits per heavy atom. The standard InChI is InChI=1S/C24H26O5/c1-15(25)19(13-17-9-5-3-6-10-17)21-14-20(27)23(24(28)29-21)22(16(2)26)18-11-7-4-8-12-18/h3-12,14-16,19,22,25-27H,13H2,1-2H3/t15-,16-,19?,22?/m1/s1. The lowest BCUT2D eigenvalue weighted by Gasteiger charge is -2.23. The molecule has 2 unspecified atom stereocenters. The van der Waals surface area contributed by atoms with E-state index in [4.69, 9.17) is 4.42 Å². The van der Waals surface area contributed by atoms with Crippen LogP contribution in [0.4, 0.5) is 0 Å². The minimum Gasteiger partial charge on any atom is -0.507 e. The molecule has 5 nitrogen and oxygen atoms in total. The highest BCUT2D eigenvalue weighted by Gasteiger charge is 2.29. The molecule has 5 heteroatoms. The lowest BCUT2D eigenvalue weighted by Crippen LogP contribution is -2.25. The van der Waals surface area contributed by atoms with Gasteiger partial charge in [0.1, 0.15) is 11.5 Å². The third kappa shape index (κ3) is 4.75. The highest BCUT2D eigenvalue weighted by atomic mass is 16.4. The van der Waals surface area contributed by atoms with Crippen molar-refractivity contribution >= 4 is 0 Å². The molecule has 1 aromatic heterocycles. The van der Waals surface area contributed by atoms with E-state index >= 15 is 0 Å². The second-order valence-electron chi connectivity index (χ2n) is 7.40. The fraction of sp³-hybridized carbons (Fsp3) is 0.292. The number of aliphatic hydroxyl groups is 2. The number of rotatable bonds is 7. The van der Waals surface area contributed by atoms with Gasteiger partial charge in [0.15, 0.2) is 0 Å². The van der Waals surface area contributed by atoms with Gasteiger partial charge in [-0.15, -0.1) is 0 Å². The molecule has 0 bridgehead atoms. The molecule has 0 amide bonds. The van der Waals surface area contributed by atoms with Crippen LogP contribution >= 0.6 is 0 Å². The molecule has 0 fully saturated rings. The quantitative estimate of drug-likeness (QED) is 0.570. The highest BCUT2D eigenvalue weighted by molar-refractivity contribution is 5.41. The Morgan fingerprint density at radius 1 is 0.897 bits per heavy atom. The first-order valence-electron chi connectivity index (χ1n) is 9.70. The van der Waals surface area contributed by atoms with E-state index in [-0.39, 0.29) is 17.1 Å². The summed E-state index contributed by atoms with van der Waals surface area (Å²) < 4.78 is 5.55. The van der Waals surface area contributed by atoms with Crippen molar-refractivity contribution in [1.82, 2.24) is 0 Å². The van der Waals surface area contributed by atoms with Crippen molar-refractivity contribution in [3.63, 3.8) is 0 Å². The number of benzene rings is 2. The molecule has 29 heavy (non-hydrogen) atoms. The van der Waals surface area contributed by atoms with Crippen LogP contribution < -0.4 is 5.63 Å². The van der Waals surface area contributed by atoms with Crippen molar-refractivity contribution in [2.75, 3.05) is 0 Å². The van der Waals surface area contributed by atoms with Gasteiger partial charge in [-0.25, -0.2) is 4.79 Å². The molecule has 0 aliphatic carbocycles. The molecule has 3 rings (SSSR count). The van der Waals surface area contributed by atoms with Crippen LogP contribution in [0.3, 0.4) is 0 Å². The molecule has 1 heterocycles. The first-order chi connectivity index (χ1) is 13.9. The Balaban J connectivity index is 2.02. The molecule has 0 saturated heterocycles. The summed E-state index contributed by atoms with van der Waals surface area (Å²) in [5, 5.41) is 31.3. The van der Waals surface area contributed by atoms with Gasteiger partial charge in [-0.05, 0) is 31.4 Å². The highest BCUT2D eigenvalue weighted by Crippen LogP contribution is 2.34. The van der Waals surface area contributed by atoms with Crippen LogP contribution in [-0.2, 0) is 6.42 Å². The number of hydrogen-bond donors (Lipinski definition) is 3. The first kappa shape index (κ1) is 20.8. The summed E-state index contributed by atoms with van der Waals surface area (Å²) in [7, 11) is 0. The molecule has 0 aliphatic rings. The zero-order valence-corrected chi connectivity index (χ0v) is 16.5. The molecule has 0 spiro atoms. The van der Waals surface area contributed by atoms with Crippen molar-refractivity contribution in [1.29, 1.82) is 0 Å². The zero-order valence-electron chi connectivity index (χ0n) is 16.5. The van der Waals surface area contributed by atoms with Crippen molar-refractivity contribution in [2.24, 2.45) is 0 Å². The predicted molar refractivity (Wildman–Crippen MR) is 111 cm³/mol. The van der Waals surface area contributed by atoms with E-state index in [9.17, 15) is 20.1 Å². The molecule has 0 radical (unpaired) electrons. The molecule has 3 N–H and O–H groups in total. The van der Waals surface area contributed by atoms with Crippen LogP contribution in [0.15, 0.2) is 75.9 Å². The van der Waals surface area contributed by atoms with E-state index in [0.29, 0.717) is 12.0 Å². The Bertz CT molecular complexity index is 977. The second-order valence-corrected chi connectivity index (χ2v) is 7.40. The van der Waals surface area contributed by atoms with E-state index in [0.717, 1.165) is 5.56 Å². The van der Waals surface area contributed by atoms with Gasteiger partial charge < -0.3 is 19.7 Å². The molecular formula is C24H26O5. The summed E-state index contributed by atoms with van der Waals surface area (Å²) in [5.74, 6) is -1.25. The second kappa shape index (κ2) is 9.07. The van der Waals surface area contributed by atoms with Crippen LogP contribution in [0.1, 0.15) is 48.1 Å². The minimum atomic E-state index is -0.908. The van der Waals surface area contributed by atoms with E-state index < -0.39 is 29.7 Å². The summed E-state index contributed by atoms with van der Waals surface area (Å²) in [5.41, 5.74) is 0.984. The average Bonchev–Trinajstić information content (AvgIpc) is 2.69. The van der Waals surface area contributed by atoms with Crippen LogP contribution in [0.5, 0.6) is 5.75 Å². The summed E-state index contributed by atoms with van der Waals surface area (Å²) in [6.07, 6.45) is -1.24. The van der Waals surface area contributed by atoms with Crippen molar-refractivity contribution in [2.45, 2.75) is 44.3 Å². The summed E-state index contributed by atoms with van der Waals surface area (Å²) >= 11 is 0. The monoisotopic (exact) mass is 394 g/mol. The topological polar surface area (TPSA) is 90.9 Å². The van der Waals surface area contributed by atoms with Gasteiger partial charge in [0, 0.05) is 17.9 Å². The first-order valence-corrected chi connectivity index (χ1v) is 9.70. The SMILES string of the molecule is C[C@@H](O)C(Cc1ccccc1)c1cc(O)c(C(c2ccccc2)[C@@H](C)O)c(=O)o1. The van der Waals surface area contributed by atoms with Gasteiger partial charge in [-0.1, -0.05) is 60.7 Å². The van der Waals surface area contributed by atoms with Crippen LogP contribution in [0.2, 0.25) is 0 Å². The average molecular weight is 394 g/mol. The molecule has 2 aromatic carbocycles. The van der Waals surface area contributed by atoms with Crippen LogP contribution in [-0.4, -0.2) is 27.5 Å². The third-order valence-corrected chi connectivity index (χ3v) is 5.18. The number of hydrogen-bond acceptors (Lipinski definition) is 5. The molecule has 4 atom stereocenters. The van der Waals surface area contributed by atoms with Crippen LogP contribution in [0, 0.1) is 0 Å². The Morgan fingerprint density at radius 3 is 2.00 bits per heavy atom. The Kier molecular flexibility index (Phi) is 6.52. The molecule has 3 aromatic rings. The van der Waals surface area contributed by atoms with E-state index in [1.807, 2.05) is 36.4 Å². The van der Waals surface area contributed by atoms with Crippen LogP contribution in [0.25, 0.3) is 0 Å². The normalized spacial score (nSPS) is 15.4. The maximum absolute atomic E-state index is 12.8. The third-order valence-electron chi connectivity index (χ3n) is 5.18. The molecule has 0 aliphatic heterocycles. The van der Waals surface area contributed by atoms with E-state index in [1.54, 1.807) is 38.1 Å². The van der Waals surface area contributed by atoms with Gasteiger partial charge in [0.05, 0.1) is 17.8 Å². The molecule has 152 valence electrons. The van der Waals surface area contributed by atoms with Gasteiger partial charge in [-0.3, -0.25) is 0 Å². The number of aliphatic hydroxyl groups excluding tert-OH is 2. The predicted octanol–water partition coefficient (Wildman–Crippen LogP) is 3.57. The fourth-order valence-electron chi connectivity index (χ4n) is 3.70. The van der Waals surface area contributed by atoms with Gasteiger partial charge >= 0.3 is 5.63 Å². The Hall–Kier alpha value is -2.89. The largest absolute Gasteiger partial charge is 0.507 e. The van der Waals surface area contributed by atoms with Crippen molar-refractivity contribution in [3.8, 4) is 5.75 Å². The smallest absolute Gasteiger partial charge is 0.343 e. The summed E-state index contributed by atoms with van der Waals surface area (Å²) in [6, 6.07) is 20.0.